The van der Waals surface area contributed by atoms with Crippen molar-refractivity contribution in [2.75, 3.05) is 21.0 Å². The van der Waals surface area contributed by atoms with Gasteiger partial charge < -0.3 is 18.9 Å². The first-order valence-electron chi connectivity index (χ1n) is 8.06. The molecule has 3 rings (SSSR count). The van der Waals surface area contributed by atoms with E-state index in [1.165, 1.54) is 0 Å². The summed E-state index contributed by atoms with van der Waals surface area (Å²) in [5, 5.41) is 0. The Labute approximate surface area is 148 Å². The standard InChI is InChI=1S/C21H22O4/c1-14(9-16-5-8-19-21(11-16)25-13-24-19)15(2)10-17-6-7-18(22-3)12-20(17)23-4/h5-8,11-12H,1-2,9-10,13H2,3-4H3. The van der Waals surface area contributed by atoms with Crippen molar-refractivity contribution in [2.24, 2.45) is 0 Å². The maximum Gasteiger partial charge on any atom is 0.231 e. The van der Waals surface area contributed by atoms with Crippen LogP contribution in [0.2, 0.25) is 0 Å². The van der Waals surface area contributed by atoms with Crippen LogP contribution in [0.3, 0.4) is 0 Å². The predicted molar refractivity (Wildman–Crippen MR) is 97.8 cm³/mol. The van der Waals surface area contributed by atoms with Crippen LogP contribution in [-0.4, -0.2) is 21.0 Å². The minimum Gasteiger partial charge on any atom is -0.497 e. The molecule has 1 aliphatic heterocycles. The first kappa shape index (κ1) is 17.0. The van der Waals surface area contributed by atoms with Crippen LogP contribution in [0, 0.1) is 0 Å². The Hall–Kier alpha value is -2.88. The number of hydrogen-bond acceptors (Lipinski definition) is 4. The van der Waals surface area contributed by atoms with E-state index in [-0.39, 0.29) is 6.79 Å². The van der Waals surface area contributed by atoms with Crippen LogP contribution in [0.1, 0.15) is 11.1 Å². The molecule has 0 aromatic heterocycles. The van der Waals surface area contributed by atoms with Gasteiger partial charge in [0.15, 0.2) is 11.5 Å². The fraction of sp³-hybridized carbons (Fsp3) is 0.238. The molecule has 0 saturated carbocycles. The molecule has 1 heterocycles. The number of hydrogen-bond donors (Lipinski definition) is 0. The molecule has 0 saturated heterocycles. The Bertz CT molecular complexity index is 808. The summed E-state index contributed by atoms with van der Waals surface area (Å²) in [5.41, 5.74) is 4.13. The Morgan fingerprint density at radius 3 is 2.44 bits per heavy atom. The number of ether oxygens (including phenoxy) is 4. The largest absolute Gasteiger partial charge is 0.497 e. The summed E-state index contributed by atoms with van der Waals surface area (Å²) in [6.07, 6.45) is 1.39. The zero-order valence-electron chi connectivity index (χ0n) is 14.6. The maximum absolute atomic E-state index is 5.46. The molecule has 0 N–H and O–H groups in total. The lowest BCUT2D eigenvalue weighted by Crippen LogP contribution is -1.99. The van der Waals surface area contributed by atoms with Gasteiger partial charge in [0.1, 0.15) is 11.5 Å². The smallest absolute Gasteiger partial charge is 0.231 e. The summed E-state index contributed by atoms with van der Waals surface area (Å²) in [4.78, 5) is 0. The van der Waals surface area contributed by atoms with Crippen molar-refractivity contribution in [3.05, 3.63) is 71.8 Å². The van der Waals surface area contributed by atoms with Crippen molar-refractivity contribution >= 4 is 0 Å². The van der Waals surface area contributed by atoms with Gasteiger partial charge in [-0.05, 0) is 46.9 Å². The van der Waals surface area contributed by atoms with E-state index in [2.05, 4.69) is 13.2 Å². The normalized spacial score (nSPS) is 11.9. The van der Waals surface area contributed by atoms with Crippen LogP contribution < -0.4 is 18.9 Å². The monoisotopic (exact) mass is 338 g/mol. The second-order valence-electron chi connectivity index (χ2n) is 5.93. The molecule has 0 bridgehead atoms. The first-order valence-corrected chi connectivity index (χ1v) is 8.06. The highest BCUT2D eigenvalue weighted by molar-refractivity contribution is 5.48. The third kappa shape index (κ3) is 3.79. The maximum atomic E-state index is 5.46. The Morgan fingerprint density at radius 2 is 1.68 bits per heavy atom. The topological polar surface area (TPSA) is 36.9 Å². The highest BCUT2D eigenvalue weighted by Gasteiger charge is 2.14. The van der Waals surface area contributed by atoms with E-state index in [9.17, 15) is 0 Å². The second-order valence-corrected chi connectivity index (χ2v) is 5.93. The molecule has 4 nitrogen and oxygen atoms in total. The van der Waals surface area contributed by atoms with Crippen LogP contribution in [0.25, 0.3) is 0 Å². The van der Waals surface area contributed by atoms with Crippen molar-refractivity contribution in [1.29, 1.82) is 0 Å². The molecule has 2 aromatic rings. The lowest BCUT2D eigenvalue weighted by Gasteiger charge is -2.14. The van der Waals surface area contributed by atoms with Crippen LogP contribution in [0.15, 0.2) is 60.7 Å². The summed E-state index contributed by atoms with van der Waals surface area (Å²) in [6.45, 7) is 8.67. The molecule has 0 spiro atoms. The number of allylic oxidation sites excluding steroid dienone is 2. The lowest BCUT2D eigenvalue weighted by molar-refractivity contribution is 0.174. The van der Waals surface area contributed by atoms with Gasteiger partial charge >= 0.3 is 0 Å². The van der Waals surface area contributed by atoms with Gasteiger partial charge in [0.2, 0.25) is 6.79 Å². The zero-order valence-corrected chi connectivity index (χ0v) is 14.6. The van der Waals surface area contributed by atoms with Gasteiger partial charge in [-0.1, -0.05) is 25.3 Å². The summed E-state index contributed by atoms with van der Waals surface area (Å²) < 4.78 is 21.5. The average Bonchev–Trinajstić information content (AvgIpc) is 3.09. The minimum atomic E-state index is 0.281. The number of rotatable bonds is 7. The van der Waals surface area contributed by atoms with Crippen LogP contribution in [-0.2, 0) is 12.8 Å². The Kier molecular flexibility index (Phi) is 4.98. The van der Waals surface area contributed by atoms with E-state index >= 15 is 0 Å². The molecule has 0 radical (unpaired) electrons. The van der Waals surface area contributed by atoms with Crippen molar-refractivity contribution in [1.82, 2.24) is 0 Å². The molecule has 130 valence electrons. The summed E-state index contributed by atoms with van der Waals surface area (Å²) >= 11 is 0. The minimum absolute atomic E-state index is 0.281. The molecule has 0 amide bonds. The van der Waals surface area contributed by atoms with E-state index in [0.717, 1.165) is 45.3 Å². The van der Waals surface area contributed by atoms with Gasteiger partial charge in [-0.25, -0.2) is 0 Å². The fourth-order valence-electron chi connectivity index (χ4n) is 2.78. The van der Waals surface area contributed by atoms with E-state index in [1.54, 1.807) is 14.2 Å². The van der Waals surface area contributed by atoms with Crippen LogP contribution in [0.5, 0.6) is 23.0 Å². The summed E-state index contributed by atoms with van der Waals surface area (Å²) in [5.74, 6) is 3.13. The molecule has 0 fully saturated rings. The van der Waals surface area contributed by atoms with Crippen LogP contribution >= 0.6 is 0 Å². The van der Waals surface area contributed by atoms with Crippen molar-refractivity contribution in [3.8, 4) is 23.0 Å². The van der Waals surface area contributed by atoms with Crippen molar-refractivity contribution < 1.29 is 18.9 Å². The third-order valence-electron chi connectivity index (χ3n) is 4.25. The Balaban J connectivity index is 1.68. The van der Waals surface area contributed by atoms with Crippen molar-refractivity contribution in [3.63, 3.8) is 0 Å². The highest BCUT2D eigenvalue weighted by Crippen LogP contribution is 2.34. The van der Waals surface area contributed by atoms with Gasteiger partial charge in [0, 0.05) is 12.5 Å². The quantitative estimate of drug-likeness (QED) is 0.704. The molecule has 4 heteroatoms. The predicted octanol–water partition coefficient (Wildman–Crippen LogP) is 4.33. The fourth-order valence-corrected chi connectivity index (χ4v) is 2.78. The Morgan fingerprint density at radius 1 is 0.920 bits per heavy atom. The summed E-state index contributed by atoms with van der Waals surface area (Å²) in [6, 6.07) is 11.8. The van der Waals surface area contributed by atoms with Gasteiger partial charge in [-0.3, -0.25) is 0 Å². The molecule has 0 aliphatic carbocycles. The number of fused-ring (bicyclic) bond motifs is 1. The van der Waals surface area contributed by atoms with E-state index < -0.39 is 0 Å². The molecule has 2 aromatic carbocycles. The average molecular weight is 338 g/mol. The van der Waals surface area contributed by atoms with E-state index in [1.807, 2.05) is 36.4 Å². The van der Waals surface area contributed by atoms with Gasteiger partial charge in [-0.2, -0.15) is 0 Å². The second kappa shape index (κ2) is 7.34. The van der Waals surface area contributed by atoms with E-state index in [0.29, 0.717) is 12.8 Å². The number of benzene rings is 2. The third-order valence-corrected chi connectivity index (χ3v) is 4.25. The molecule has 1 aliphatic rings. The molecule has 25 heavy (non-hydrogen) atoms. The molecular weight excluding hydrogens is 316 g/mol. The van der Waals surface area contributed by atoms with Gasteiger partial charge in [-0.15, -0.1) is 0 Å². The summed E-state index contributed by atoms with van der Waals surface area (Å²) in [7, 11) is 3.29. The van der Waals surface area contributed by atoms with Crippen LogP contribution in [0.4, 0.5) is 0 Å². The van der Waals surface area contributed by atoms with Crippen molar-refractivity contribution in [2.45, 2.75) is 12.8 Å². The molecule has 0 unspecified atom stereocenters. The SMILES string of the molecule is C=C(Cc1ccc2c(c1)OCO2)C(=C)Cc1ccc(OC)cc1OC. The van der Waals surface area contributed by atoms with E-state index in [4.69, 9.17) is 18.9 Å². The van der Waals surface area contributed by atoms with Gasteiger partial charge in [0.05, 0.1) is 14.2 Å². The lowest BCUT2D eigenvalue weighted by atomic mass is 9.95. The highest BCUT2D eigenvalue weighted by atomic mass is 16.7. The first-order chi connectivity index (χ1) is 12.1. The van der Waals surface area contributed by atoms with Gasteiger partial charge in [0.25, 0.3) is 0 Å². The molecular formula is C21H22O4. The zero-order chi connectivity index (χ0) is 17.8. The molecule has 0 atom stereocenters. The number of methoxy groups -OCH3 is 2.